The first kappa shape index (κ1) is 13.1. The largest absolute Gasteiger partial charge is 0.480 e. The molecule has 17 heavy (non-hydrogen) atoms. The zero-order valence-corrected chi connectivity index (χ0v) is 8.81. The number of carbonyl (C=O) groups is 1. The number of nitrogens with one attached hydrogen (secondary N) is 1. The number of rotatable bonds is 6. The quantitative estimate of drug-likeness (QED) is 0.366. The van der Waals surface area contributed by atoms with Gasteiger partial charge in [-0.2, -0.15) is 0 Å². The molecule has 0 aromatic heterocycles. The Morgan fingerprint density at radius 2 is 2.00 bits per heavy atom. The number of aliphatic hydroxyl groups is 1. The summed E-state index contributed by atoms with van der Waals surface area (Å²) < 4.78 is 0. The second-order valence-corrected chi connectivity index (χ2v) is 3.34. The molecule has 0 aliphatic rings. The number of aliphatic carboxylic acids is 1. The maximum atomic E-state index is 10.8. The van der Waals surface area contributed by atoms with E-state index in [2.05, 4.69) is 5.32 Å². The van der Waals surface area contributed by atoms with Crippen molar-refractivity contribution in [3.8, 4) is 0 Å². The molecule has 0 saturated heterocycles. The van der Waals surface area contributed by atoms with Crippen molar-refractivity contribution in [2.24, 2.45) is 0 Å². The van der Waals surface area contributed by atoms with Crippen LogP contribution < -0.4 is 5.32 Å². The molecular formula is C10H12N2O5. The Bertz CT molecular complexity index is 395. The van der Waals surface area contributed by atoms with E-state index in [9.17, 15) is 14.9 Å². The SMILES string of the molecule is O=C(O)C(CO)NC(c1ccccc1)[N+](=O)[O-]. The predicted molar refractivity (Wildman–Crippen MR) is 57.8 cm³/mol. The zero-order valence-electron chi connectivity index (χ0n) is 8.81. The molecule has 0 aliphatic carbocycles. The Labute approximate surface area is 96.8 Å². The number of nitrogens with zero attached hydrogens (tertiary/aromatic N) is 1. The van der Waals surface area contributed by atoms with Gasteiger partial charge < -0.3 is 10.2 Å². The van der Waals surface area contributed by atoms with Gasteiger partial charge in [0.2, 0.25) is 0 Å². The number of hydrogen-bond donors (Lipinski definition) is 3. The molecule has 0 fully saturated rings. The Hall–Kier alpha value is -1.99. The van der Waals surface area contributed by atoms with E-state index in [1.165, 1.54) is 12.1 Å². The third-order valence-electron chi connectivity index (χ3n) is 2.17. The van der Waals surface area contributed by atoms with Gasteiger partial charge in [-0.3, -0.25) is 14.9 Å². The van der Waals surface area contributed by atoms with Crippen LogP contribution in [0, 0.1) is 10.1 Å². The number of carboxylic acids is 1. The molecule has 0 aliphatic heterocycles. The van der Waals surface area contributed by atoms with Crippen molar-refractivity contribution in [1.29, 1.82) is 0 Å². The van der Waals surface area contributed by atoms with Crippen molar-refractivity contribution in [3.63, 3.8) is 0 Å². The number of benzene rings is 1. The highest BCUT2D eigenvalue weighted by atomic mass is 16.6. The van der Waals surface area contributed by atoms with Crippen LogP contribution >= 0.6 is 0 Å². The van der Waals surface area contributed by atoms with Crippen molar-refractivity contribution in [1.82, 2.24) is 5.32 Å². The van der Waals surface area contributed by atoms with Crippen LogP contribution in [0.25, 0.3) is 0 Å². The van der Waals surface area contributed by atoms with Crippen molar-refractivity contribution in [3.05, 3.63) is 46.0 Å². The number of nitro groups is 1. The maximum absolute atomic E-state index is 10.8. The number of hydrogen-bond acceptors (Lipinski definition) is 5. The van der Waals surface area contributed by atoms with Crippen molar-refractivity contribution >= 4 is 5.97 Å². The van der Waals surface area contributed by atoms with Gasteiger partial charge >= 0.3 is 5.97 Å². The molecule has 2 unspecified atom stereocenters. The van der Waals surface area contributed by atoms with E-state index in [4.69, 9.17) is 10.2 Å². The van der Waals surface area contributed by atoms with E-state index < -0.39 is 29.7 Å². The third kappa shape index (κ3) is 3.51. The zero-order chi connectivity index (χ0) is 12.8. The lowest BCUT2D eigenvalue weighted by molar-refractivity contribution is -0.537. The highest BCUT2D eigenvalue weighted by Crippen LogP contribution is 2.13. The summed E-state index contributed by atoms with van der Waals surface area (Å²) in [5.41, 5.74) is 0.331. The van der Waals surface area contributed by atoms with Crippen LogP contribution in [-0.4, -0.2) is 33.8 Å². The van der Waals surface area contributed by atoms with Crippen LogP contribution in [0.15, 0.2) is 30.3 Å². The Kier molecular flexibility index (Phi) is 4.56. The maximum Gasteiger partial charge on any atom is 0.323 e. The summed E-state index contributed by atoms with van der Waals surface area (Å²) in [5.74, 6) is -1.34. The second kappa shape index (κ2) is 5.92. The first-order valence-electron chi connectivity index (χ1n) is 4.84. The predicted octanol–water partition coefficient (Wildman–Crippen LogP) is -0.00300. The first-order valence-corrected chi connectivity index (χ1v) is 4.84. The van der Waals surface area contributed by atoms with Gasteiger partial charge in [0.25, 0.3) is 6.17 Å². The molecule has 0 saturated carbocycles. The third-order valence-corrected chi connectivity index (χ3v) is 2.17. The summed E-state index contributed by atoms with van der Waals surface area (Å²) in [6.07, 6.45) is -1.36. The monoisotopic (exact) mass is 240 g/mol. The van der Waals surface area contributed by atoms with Crippen molar-refractivity contribution in [2.45, 2.75) is 12.2 Å². The van der Waals surface area contributed by atoms with Crippen LogP contribution in [0.5, 0.6) is 0 Å². The number of aliphatic hydroxyl groups excluding tert-OH is 1. The average molecular weight is 240 g/mol. The molecule has 2 atom stereocenters. The van der Waals surface area contributed by atoms with Gasteiger partial charge in [-0.1, -0.05) is 30.3 Å². The minimum atomic E-state index is -1.37. The Morgan fingerprint density at radius 3 is 2.41 bits per heavy atom. The van der Waals surface area contributed by atoms with E-state index in [-0.39, 0.29) is 0 Å². The molecule has 0 spiro atoms. The molecule has 7 heteroatoms. The minimum Gasteiger partial charge on any atom is -0.480 e. The van der Waals surface area contributed by atoms with Crippen LogP contribution in [-0.2, 0) is 4.79 Å². The lowest BCUT2D eigenvalue weighted by Crippen LogP contribution is -2.44. The van der Waals surface area contributed by atoms with E-state index in [1.807, 2.05) is 0 Å². The van der Waals surface area contributed by atoms with E-state index >= 15 is 0 Å². The molecule has 0 heterocycles. The van der Waals surface area contributed by atoms with Crippen LogP contribution in [0.4, 0.5) is 0 Å². The molecule has 1 aromatic rings. The minimum absolute atomic E-state index is 0.331. The molecule has 0 bridgehead atoms. The highest BCUT2D eigenvalue weighted by Gasteiger charge is 2.28. The van der Waals surface area contributed by atoms with Crippen molar-refractivity contribution in [2.75, 3.05) is 6.61 Å². The lowest BCUT2D eigenvalue weighted by Gasteiger charge is -2.15. The van der Waals surface area contributed by atoms with Gasteiger partial charge in [0, 0.05) is 10.5 Å². The fourth-order valence-electron chi connectivity index (χ4n) is 1.31. The standard InChI is InChI=1S/C10H12N2O5/c13-6-8(10(14)15)11-9(12(16)17)7-4-2-1-3-5-7/h1-5,8-9,11,13H,6H2,(H,14,15). The van der Waals surface area contributed by atoms with E-state index in [0.717, 1.165) is 0 Å². The molecule has 0 amide bonds. The summed E-state index contributed by atoms with van der Waals surface area (Å²) in [5, 5.41) is 30.6. The highest BCUT2D eigenvalue weighted by molar-refractivity contribution is 5.73. The summed E-state index contributed by atoms with van der Waals surface area (Å²) >= 11 is 0. The van der Waals surface area contributed by atoms with Gasteiger partial charge in [-0.15, -0.1) is 0 Å². The molecule has 0 radical (unpaired) electrons. The van der Waals surface area contributed by atoms with Gasteiger partial charge in [0.1, 0.15) is 6.04 Å². The fraction of sp³-hybridized carbons (Fsp3) is 0.300. The molecule has 1 rings (SSSR count). The van der Waals surface area contributed by atoms with Gasteiger partial charge in [0.05, 0.1) is 6.61 Å². The van der Waals surface area contributed by atoms with E-state index in [0.29, 0.717) is 5.56 Å². The van der Waals surface area contributed by atoms with Crippen molar-refractivity contribution < 1.29 is 19.9 Å². The van der Waals surface area contributed by atoms with E-state index in [1.54, 1.807) is 18.2 Å². The van der Waals surface area contributed by atoms with Gasteiger partial charge in [-0.25, -0.2) is 5.32 Å². The van der Waals surface area contributed by atoms with Gasteiger partial charge in [-0.05, 0) is 0 Å². The summed E-state index contributed by atoms with van der Waals surface area (Å²) in [4.78, 5) is 20.9. The topological polar surface area (TPSA) is 113 Å². The normalized spacial score (nSPS) is 13.9. The smallest absolute Gasteiger partial charge is 0.323 e. The molecule has 92 valence electrons. The summed E-state index contributed by atoms with van der Waals surface area (Å²) in [6, 6.07) is 6.57. The lowest BCUT2D eigenvalue weighted by atomic mass is 10.1. The summed E-state index contributed by atoms with van der Waals surface area (Å²) in [6.45, 7) is -0.716. The molecule has 3 N–H and O–H groups in total. The molecule has 1 aromatic carbocycles. The average Bonchev–Trinajstić information content (AvgIpc) is 2.30. The van der Waals surface area contributed by atoms with Gasteiger partial charge in [0.15, 0.2) is 0 Å². The Morgan fingerprint density at radius 1 is 1.41 bits per heavy atom. The molecule has 7 nitrogen and oxygen atoms in total. The Balaban J connectivity index is 2.88. The van der Waals surface area contributed by atoms with Crippen LogP contribution in [0.3, 0.4) is 0 Å². The molecular weight excluding hydrogens is 228 g/mol. The summed E-state index contributed by atoms with van der Waals surface area (Å²) in [7, 11) is 0. The van der Waals surface area contributed by atoms with Crippen LogP contribution in [0.1, 0.15) is 11.7 Å². The fourth-order valence-corrected chi connectivity index (χ4v) is 1.31. The first-order chi connectivity index (χ1) is 8.06. The second-order valence-electron chi connectivity index (χ2n) is 3.34. The van der Waals surface area contributed by atoms with Crippen LogP contribution in [0.2, 0.25) is 0 Å². The number of carboxylic acid groups (broad SMARTS) is 1.